The highest BCUT2D eigenvalue weighted by Gasteiger charge is 2.29. The van der Waals surface area contributed by atoms with Gasteiger partial charge in [-0.05, 0) is 13.5 Å². The molecule has 0 aromatic heterocycles. The van der Waals surface area contributed by atoms with Crippen LogP contribution in [-0.4, -0.2) is 78.2 Å². The standard InChI is InChI=1S/C13H23N3O5/c1-4-15-5-6-16(8-9(15)2)13(20)14-10(12(18)19)7-11(17)21-3/h9-10H,4-8H2,1-3H3,(H,14,20)(H,18,19)/t9?,10-/m0/s1. The molecule has 0 aromatic rings. The Hall–Kier alpha value is -1.83. The third kappa shape index (κ3) is 4.89. The molecule has 1 aliphatic heterocycles. The molecule has 2 atom stereocenters. The molecular weight excluding hydrogens is 278 g/mol. The average molecular weight is 301 g/mol. The minimum atomic E-state index is -1.27. The van der Waals surface area contributed by atoms with Crippen molar-refractivity contribution in [2.24, 2.45) is 0 Å². The topological polar surface area (TPSA) is 99.2 Å². The third-order valence-electron chi connectivity index (χ3n) is 3.65. The summed E-state index contributed by atoms with van der Waals surface area (Å²) in [6, 6.07) is -1.52. The summed E-state index contributed by atoms with van der Waals surface area (Å²) < 4.78 is 4.43. The van der Waals surface area contributed by atoms with Crippen molar-refractivity contribution in [2.75, 3.05) is 33.3 Å². The Labute approximate surface area is 124 Å². The Kier molecular flexibility index (Phi) is 6.41. The predicted molar refractivity (Wildman–Crippen MR) is 74.9 cm³/mol. The summed E-state index contributed by atoms with van der Waals surface area (Å²) in [5, 5.41) is 11.4. The van der Waals surface area contributed by atoms with Crippen LogP contribution in [0.1, 0.15) is 20.3 Å². The van der Waals surface area contributed by atoms with Gasteiger partial charge >= 0.3 is 18.0 Å². The van der Waals surface area contributed by atoms with Gasteiger partial charge in [0.05, 0.1) is 13.5 Å². The van der Waals surface area contributed by atoms with Gasteiger partial charge in [-0.1, -0.05) is 6.92 Å². The summed E-state index contributed by atoms with van der Waals surface area (Å²) in [5.74, 6) is -1.93. The molecule has 1 heterocycles. The molecule has 0 aliphatic carbocycles. The molecule has 0 radical (unpaired) electrons. The first-order valence-electron chi connectivity index (χ1n) is 6.98. The average Bonchev–Trinajstić information content (AvgIpc) is 2.45. The van der Waals surface area contributed by atoms with Crippen molar-refractivity contribution in [3.05, 3.63) is 0 Å². The second-order valence-electron chi connectivity index (χ2n) is 5.04. The monoisotopic (exact) mass is 301 g/mol. The molecule has 0 spiro atoms. The largest absolute Gasteiger partial charge is 0.480 e. The normalized spacial score (nSPS) is 20.7. The number of rotatable bonds is 5. The fourth-order valence-corrected chi connectivity index (χ4v) is 2.34. The minimum absolute atomic E-state index is 0.221. The summed E-state index contributed by atoms with van der Waals surface area (Å²) in [6.45, 7) is 6.81. The number of carboxylic acids is 1. The van der Waals surface area contributed by atoms with Crippen LogP contribution >= 0.6 is 0 Å². The van der Waals surface area contributed by atoms with Gasteiger partial charge in [-0.3, -0.25) is 9.69 Å². The van der Waals surface area contributed by atoms with Crippen LogP contribution in [0.5, 0.6) is 0 Å². The second-order valence-corrected chi connectivity index (χ2v) is 5.04. The molecule has 1 fully saturated rings. The third-order valence-corrected chi connectivity index (χ3v) is 3.65. The molecule has 0 saturated carbocycles. The van der Waals surface area contributed by atoms with E-state index in [-0.39, 0.29) is 12.5 Å². The lowest BCUT2D eigenvalue weighted by atomic mass is 10.2. The van der Waals surface area contributed by atoms with E-state index in [4.69, 9.17) is 5.11 Å². The zero-order chi connectivity index (χ0) is 16.0. The van der Waals surface area contributed by atoms with Crippen LogP contribution in [0.15, 0.2) is 0 Å². The smallest absolute Gasteiger partial charge is 0.326 e. The van der Waals surface area contributed by atoms with Crippen LogP contribution in [0.3, 0.4) is 0 Å². The van der Waals surface area contributed by atoms with Gasteiger partial charge in [0, 0.05) is 25.7 Å². The molecule has 1 rings (SSSR count). The maximum atomic E-state index is 12.1. The zero-order valence-corrected chi connectivity index (χ0v) is 12.7. The van der Waals surface area contributed by atoms with Gasteiger partial charge in [0.25, 0.3) is 0 Å². The van der Waals surface area contributed by atoms with Crippen molar-refractivity contribution in [3.8, 4) is 0 Å². The SMILES string of the molecule is CCN1CCN(C(=O)N[C@@H](CC(=O)OC)C(=O)O)CC1C. The van der Waals surface area contributed by atoms with E-state index in [0.717, 1.165) is 13.1 Å². The molecule has 2 amide bonds. The molecule has 21 heavy (non-hydrogen) atoms. The number of likely N-dealkylation sites (N-methyl/N-ethyl adjacent to an activating group) is 1. The number of nitrogens with one attached hydrogen (secondary N) is 1. The van der Waals surface area contributed by atoms with E-state index in [1.54, 1.807) is 4.90 Å². The van der Waals surface area contributed by atoms with Crippen LogP contribution < -0.4 is 5.32 Å². The van der Waals surface area contributed by atoms with Gasteiger partial charge in [-0.15, -0.1) is 0 Å². The molecule has 8 heteroatoms. The van der Waals surface area contributed by atoms with Crippen LogP contribution in [0.4, 0.5) is 4.79 Å². The summed E-state index contributed by atoms with van der Waals surface area (Å²) >= 11 is 0. The lowest BCUT2D eigenvalue weighted by molar-refractivity contribution is -0.147. The highest BCUT2D eigenvalue weighted by Crippen LogP contribution is 2.09. The minimum Gasteiger partial charge on any atom is -0.480 e. The Morgan fingerprint density at radius 3 is 2.52 bits per heavy atom. The molecule has 2 N–H and O–H groups in total. The van der Waals surface area contributed by atoms with E-state index in [9.17, 15) is 14.4 Å². The zero-order valence-electron chi connectivity index (χ0n) is 12.7. The van der Waals surface area contributed by atoms with Crippen molar-refractivity contribution in [1.82, 2.24) is 15.1 Å². The predicted octanol–water partition coefficient (Wildman–Crippen LogP) is -0.262. The number of hydrogen-bond acceptors (Lipinski definition) is 5. The van der Waals surface area contributed by atoms with E-state index in [2.05, 4.69) is 21.9 Å². The van der Waals surface area contributed by atoms with Gasteiger partial charge in [0.2, 0.25) is 0 Å². The van der Waals surface area contributed by atoms with E-state index >= 15 is 0 Å². The second kappa shape index (κ2) is 7.82. The van der Waals surface area contributed by atoms with Gasteiger partial charge < -0.3 is 20.1 Å². The highest BCUT2D eigenvalue weighted by atomic mass is 16.5. The Morgan fingerprint density at radius 2 is 2.05 bits per heavy atom. The lowest BCUT2D eigenvalue weighted by Crippen LogP contribution is -2.57. The Bertz CT molecular complexity index is 401. The molecule has 8 nitrogen and oxygen atoms in total. The van der Waals surface area contributed by atoms with Crippen molar-refractivity contribution in [3.63, 3.8) is 0 Å². The van der Waals surface area contributed by atoms with E-state index in [1.807, 2.05) is 6.92 Å². The number of aliphatic carboxylic acids is 1. The molecule has 120 valence electrons. The summed E-state index contributed by atoms with van der Waals surface area (Å²) in [5.41, 5.74) is 0. The molecule has 1 unspecified atom stereocenters. The van der Waals surface area contributed by atoms with E-state index < -0.39 is 24.0 Å². The van der Waals surface area contributed by atoms with Crippen LogP contribution in [-0.2, 0) is 14.3 Å². The lowest BCUT2D eigenvalue weighted by Gasteiger charge is -2.39. The first-order valence-corrected chi connectivity index (χ1v) is 6.98. The number of amides is 2. The fraction of sp³-hybridized carbons (Fsp3) is 0.769. The van der Waals surface area contributed by atoms with Gasteiger partial charge in [-0.2, -0.15) is 0 Å². The molecule has 0 aromatic carbocycles. The maximum absolute atomic E-state index is 12.1. The van der Waals surface area contributed by atoms with Crippen molar-refractivity contribution >= 4 is 18.0 Å². The number of carbonyl (C=O) groups is 3. The Balaban J connectivity index is 2.58. The van der Waals surface area contributed by atoms with Gasteiger partial charge in [0.15, 0.2) is 0 Å². The molecule has 0 bridgehead atoms. The van der Waals surface area contributed by atoms with E-state index in [1.165, 1.54) is 7.11 Å². The van der Waals surface area contributed by atoms with Crippen LogP contribution in [0.2, 0.25) is 0 Å². The number of nitrogens with zero attached hydrogens (tertiary/aromatic N) is 2. The number of piperazine rings is 1. The fourth-order valence-electron chi connectivity index (χ4n) is 2.34. The first kappa shape index (κ1) is 17.2. The number of carbonyl (C=O) groups excluding carboxylic acids is 2. The van der Waals surface area contributed by atoms with Gasteiger partial charge in [-0.25, -0.2) is 9.59 Å². The van der Waals surface area contributed by atoms with Gasteiger partial charge in [0.1, 0.15) is 6.04 Å². The van der Waals surface area contributed by atoms with Crippen LogP contribution in [0, 0.1) is 0 Å². The highest BCUT2D eigenvalue weighted by molar-refractivity contribution is 5.86. The Morgan fingerprint density at radius 1 is 1.38 bits per heavy atom. The molecule has 1 aliphatic rings. The summed E-state index contributed by atoms with van der Waals surface area (Å²) in [6.07, 6.45) is -0.387. The number of esters is 1. The molecular formula is C13H23N3O5. The van der Waals surface area contributed by atoms with E-state index in [0.29, 0.717) is 13.1 Å². The summed E-state index contributed by atoms with van der Waals surface area (Å²) in [7, 11) is 1.18. The quantitative estimate of drug-likeness (QED) is 0.679. The number of ether oxygens (including phenoxy) is 1. The number of methoxy groups -OCH3 is 1. The van der Waals surface area contributed by atoms with Crippen LogP contribution in [0.25, 0.3) is 0 Å². The number of hydrogen-bond donors (Lipinski definition) is 2. The molecule has 1 saturated heterocycles. The number of carboxylic acid groups (broad SMARTS) is 1. The first-order chi connectivity index (χ1) is 9.88. The summed E-state index contributed by atoms with van der Waals surface area (Å²) in [4.78, 5) is 38.2. The van der Waals surface area contributed by atoms with Crippen molar-refractivity contribution in [1.29, 1.82) is 0 Å². The van der Waals surface area contributed by atoms with Crippen molar-refractivity contribution < 1.29 is 24.2 Å². The number of urea groups is 1. The maximum Gasteiger partial charge on any atom is 0.326 e. The van der Waals surface area contributed by atoms with Crippen molar-refractivity contribution in [2.45, 2.75) is 32.4 Å².